The van der Waals surface area contributed by atoms with Crippen LogP contribution in [0.25, 0.3) is 16.9 Å². The Labute approximate surface area is 312 Å². The van der Waals surface area contributed by atoms with Gasteiger partial charge in [0, 0.05) is 106 Å². The number of anilines is 3. The van der Waals surface area contributed by atoms with E-state index in [1.165, 1.54) is 17.8 Å². The Morgan fingerprint density at radius 3 is 2.59 bits per heavy atom. The molecule has 3 aliphatic heterocycles. The van der Waals surface area contributed by atoms with Crippen molar-refractivity contribution in [2.24, 2.45) is 5.92 Å². The molecule has 0 spiro atoms. The third-order valence-corrected chi connectivity index (χ3v) is 10.5. The summed E-state index contributed by atoms with van der Waals surface area (Å²) in [6.07, 6.45) is 7.20. The molecule has 2 amide bonds. The summed E-state index contributed by atoms with van der Waals surface area (Å²) in [5, 5.41) is 9.95. The van der Waals surface area contributed by atoms with Crippen LogP contribution >= 0.6 is 0 Å². The van der Waals surface area contributed by atoms with E-state index < -0.39 is 6.10 Å². The Morgan fingerprint density at radius 2 is 1.83 bits per heavy atom. The number of H-pyrrole nitrogens is 1. The molecule has 6 heterocycles. The van der Waals surface area contributed by atoms with Crippen LogP contribution < -0.4 is 26.0 Å². The average molecular weight is 734 g/mol. The molecule has 5 aromatic rings. The fraction of sp³-hybridized carbons (Fsp3) is 0.359. The van der Waals surface area contributed by atoms with Gasteiger partial charge in [-0.3, -0.25) is 19.8 Å². The lowest BCUT2D eigenvalue weighted by molar-refractivity contribution is -0.133. The molecule has 0 saturated carbocycles. The third-order valence-electron chi connectivity index (χ3n) is 10.5. The average Bonchev–Trinajstić information content (AvgIpc) is 3.86. The Hall–Kier alpha value is -5.80. The highest BCUT2D eigenvalue weighted by Crippen LogP contribution is 2.33. The zero-order chi connectivity index (χ0) is 37.2. The fourth-order valence-electron chi connectivity index (χ4n) is 7.51. The van der Waals surface area contributed by atoms with Crippen LogP contribution in [0, 0.1) is 11.7 Å². The highest BCUT2D eigenvalue weighted by Gasteiger charge is 2.31. The van der Waals surface area contributed by atoms with Crippen LogP contribution in [0.5, 0.6) is 5.75 Å². The molecule has 3 fully saturated rings. The highest BCUT2D eigenvalue weighted by molar-refractivity contribution is 6.01. The van der Waals surface area contributed by atoms with Gasteiger partial charge < -0.3 is 30.6 Å². The Balaban J connectivity index is 0.819. The van der Waals surface area contributed by atoms with Gasteiger partial charge in [0.25, 0.3) is 0 Å². The van der Waals surface area contributed by atoms with E-state index in [1.807, 2.05) is 31.2 Å². The molecule has 54 heavy (non-hydrogen) atoms. The summed E-state index contributed by atoms with van der Waals surface area (Å²) < 4.78 is 22.3. The second kappa shape index (κ2) is 15.3. The van der Waals surface area contributed by atoms with Gasteiger partial charge in [-0.05, 0) is 67.9 Å². The van der Waals surface area contributed by atoms with Gasteiger partial charge in [0.1, 0.15) is 18.0 Å². The number of imidazole rings is 1. The van der Waals surface area contributed by atoms with Crippen LogP contribution in [0.3, 0.4) is 0 Å². The van der Waals surface area contributed by atoms with Crippen molar-refractivity contribution in [3.05, 3.63) is 96.6 Å². The van der Waals surface area contributed by atoms with Crippen molar-refractivity contribution in [3.8, 4) is 22.7 Å². The molecule has 1 unspecified atom stereocenters. The summed E-state index contributed by atoms with van der Waals surface area (Å²) in [6, 6.07) is 16.0. The van der Waals surface area contributed by atoms with E-state index in [1.54, 1.807) is 35.7 Å². The van der Waals surface area contributed by atoms with Crippen molar-refractivity contribution >= 4 is 29.0 Å². The lowest BCUT2D eigenvalue weighted by atomic mass is 9.98. The third kappa shape index (κ3) is 7.77. The largest absolute Gasteiger partial charge is 0.482 e. The minimum Gasteiger partial charge on any atom is -0.482 e. The number of rotatable bonds is 12. The molecule has 3 saturated heterocycles. The van der Waals surface area contributed by atoms with Gasteiger partial charge in [0.15, 0.2) is 11.6 Å². The summed E-state index contributed by atoms with van der Waals surface area (Å²) in [5.41, 5.74) is 12.2. The first-order chi connectivity index (χ1) is 26.3. The number of aromatic amines is 1. The number of benzene rings is 2. The van der Waals surface area contributed by atoms with Crippen molar-refractivity contribution in [3.63, 3.8) is 0 Å². The number of ether oxygens (including phenoxy) is 1. The number of imide groups is 1. The predicted molar refractivity (Wildman–Crippen MR) is 202 cm³/mol. The fourth-order valence-corrected chi connectivity index (χ4v) is 7.51. The number of carbonyl (C=O) groups is 2. The first kappa shape index (κ1) is 35.2. The number of hydrogen-bond donors (Lipinski definition) is 4. The molecule has 0 bridgehead atoms. The van der Waals surface area contributed by atoms with Gasteiger partial charge in [0.2, 0.25) is 11.8 Å². The molecule has 5 N–H and O–H groups in total. The number of nitrogen functional groups attached to an aromatic ring is 1. The maximum Gasteiger partial charge on any atom is 0.249 e. The smallest absolute Gasteiger partial charge is 0.249 e. The van der Waals surface area contributed by atoms with Gasteiger partial charge in [0.05, 0.1) is 23.4 Å². The Kier molecular flexibility index (Phi) is 9.97. The minimum atomic E-state index is -0.542. The van der Waals surface area contributed by atoms with E-state index in [0.29, 0.717) is 35.8 Å². The molecule has 2 aromatic carbocycles. The Bertz CT molecular complexity index is 2090. The first-order valence-electron chi connectivity index (χ1n) is 18.4. The minimum absolute atomic E-state index is 0.210. The molecule has 8 rings (SSSR count). The Morgan fingerprint density at radius 1 is 1.04 bits per heavy atom. The van der Waals surface area contributed by atoms with E-state index in [0.717, 1.165) is 75.0 Å². The molecule has 0 radical (unpaired) electrons. The van der Waals surface area contributed by atoms with Crippen molar-refractivity contribution in [2.45, 2.75) is 38.5 Å². The van der Waals surface area contributed by atoms with Crippen molar-refractivity contribution in [1.29, 1.82) is 0 Å². The van der Waals surface area contributed by atoms with Gasteiger partial charge in [-0.15, -0.1) is 0 Å². The van der Waals surface area contributed by atoms with E-state index in [4.69, 9.17) is 10.5 Å². The normalized spacial score (nSPS) is 19.0. The lowest BCUT2D eigenvalue weighted by Crippen LogP contribution is -2.54. The molecule has 2 atom stereocenters. The molecule has 3 aliphatic rings. The number of pyridine rings is 1. The first-order valence-corrected chi connectivity index (χ1v) is 18.4. The van der Waals surface area contributed by atoms with E-state index in [-0.39, 0.29) is 29.5 Å². The van der Waals surface area contributed by atoms with E-state index in [2.05, 4.69) is 57.5 Å². The van der Waals surface area contributed by atoms with Crippen molar-refractivity contribution < 1.29 is 18.7 Å². The number of halogens is 1. The van der Waals surface area contributed by atoms with Crippen LogP contribution in [-0.4, -0.2) is 98.2 Å². The van der Waals surface area contributed by atoms with E-state index in [9.17, 15) is 14.0 Å². The summed E-state index contributed by atoms with van der Waals surface area (Å²) in [5.74, 6) is 0.412. The quantitative estimate of drug-likeness (QED) is 0.137. The zero-order valence-corrected chi connectivity index (χ0v) is 30.1. The maximum atomic E-state index is 14.3. The number of nitrogens with zero attached hydrogens (tertiary/aromatic N) is 7. The number of carbonyl (C=O) groups excluding carboxylic acids is 2. The van der Waals surface area contributed by atoms with Crippen LogP contribution in [0.15, 0.2) is 79.5 Å². The van der Waals surface area contributed by atoms with E-state index >= 15 is 0 Å². The predicted octanol–water partition coefficient (Wildman–Crippen LogP) is 3.99. The number of piperidine rings is 1. The van der Waals surface area contributed by atoms with Crippen molar-refractivity contribution in [2.75, 3.05) is 61.8 Å². The summed E-state index contributed by atoms with van der Waals surface area (Å²) in [7, 11) is 0. The van der Waals surface area contributed by atoms with Gasteiger partial charge >= 0.3 is 0 Å². The molecule has 0 aliphatic carbocycles. The second-order valence-electron chi connectivity index (χ2n) is 14.3. The topological polar surface area (TPSA) is 163 Å². The molecular weight excluding hydrogens is 690 g/mol. The van der Waals surface area contributed by atoms with Crippen molar-refractivity contribution in [1.82, 2.24) is 39.8 Å². The number of nitrogens with one attached hydrogen (secondary N) is 3. The van der Waals surface area contributed by atoms with Crippen LogP contribution in [0.4, 0.5) is 21.6 Å². The standard InChI is InChI=1S/C39H44FN11O3/c1-25(31-18-28(40)3-9-34(31)51-12-2-11-45-51)54-35-17-27(19-42-38(35)41)37-33(43-24-44-37)23-49-15-13-48(14-16-49)20-26-21-50(22-26)30-6-4-29(5-7-30)46-32-8-10-36(52)47-39(32)53/h2-7,9,11-12,17-19,24-26,32,46H,8,10,13-16,20-23H2,1H3,(H2,41,42)(H,43,44)(H,47,52,53)/t25-,32?/m1/s1. The molecule has 3 aromatic heterocycles. The number of hydrogen-bond acceptors (Lipinski definition) is 11. The molecular formula is C39H44FN11O3. The summed E-state index contributed by atoms with van der Waals surface area (Å²) >= 11 is 0. The SMILES string of the molecule is C[C@@H](Oc1cc(-c2nc[nH]c2CN2CCN(CC3CN(c4ccc(NC5CCC(=O)NC5=O)cc4)C3)CC2)cnc1N)c1cc(F)ccc1-n1cccn1. The number of piperazine rings is 1. The highest BCUT2D eigenvalue weighted by atomic mass is 19.1. The second-order valence-corrected chi connectivity index (χ2v) is 14.3. The molecule has 15 heteroatoms. The summed E-state index contributed by atoms with van der Waals surface area (Å²) in [6.45, 7) is 9.59. The van der Waals surface area contributed by atoms with Gasteiger partial charge in [-0.25, -0.2) is 19.0 Å². The zero-order valence-electron chi connectivity index (χ0n) is 30.1. The number of nitrogens with two attached hydrogens (primary N) is 1. The maximum absolute atomic E-state index is 14.3. The van der Waals surface area contributed by atoms with Gasteiger partial charge in [-0.1, -0.05) is 0 Å². The van der Waals surface area contributed by atoms with Crippen LogP contribution in [0.1, 0.15) is 37.1 Å². The number of amides is 2. The summed E-state index contributed by atoms with van der Waals surface area (Å²) in [4.78, 5) is 43.3. The van der Waals surface area contributed by atoms with Crippen LogP contribution in [0.2, 0.25) is 0 Å². The van der Waals surface area contributed by atoms with Crippen LogP contribution in [-0.2, 0) is 16.1 Å². The number of aromatic nitrogens is 5. The molecule has 280 valence electrons. The lowest BCUT2D eigenvalue weighted by Gasteiger charge is -2.44. The van der Waals surface area contributed by atoms with Gasteiger partial charge in [-0.2, -0.15) is 5.10 Å². The molecule has 14 nitrogen and oxygen atoms in total. The monoisotopic (exact) mass is 733 g/mol.